The fourth-order valence-corrected chi connectivity index (χ4v) is 5.10. The van der Waals surface area contributed by atoms with Crippen molar-refractivity contribution >= 4 is 57.8 Å². The van der Waals surface area contributed by atoms with Gasteiger partial charge in [0.05, 0.1) is 33.4 Å². The zero-order chi connectivity index (χ0) is 25.9. The molecule has 4 aromatic rings. The van der Waals surface area contributed by atoms with Gasteiger partial charge in [0.1, 0.15) is 29.9 Å². The van der Waals surface area contributed by atoms with Crippen LogP contribution in [0.5, 0.6) is 5.75 Å². The van der Waals surface area contributed by atoms with E-state index >= 15 is 0 Å². The summed E-state index contributed by atoms with van der Waals surface area (Å²) < 4.78 is 17.2. The third-order valence-corrected chi connectivity index (χ3v) is 7.31. The van der Waals surface area contributed by atoms with Crippen LogP contribution in [0.2, 0.25) is 15.1 Å². The number of hydrogen-bond acceptors (Lipinski definition) is 5. The van der Waals surface area contributed by atoms with E-state index in [1.807, 2.05) is 59.5 Å². The van der Waals surface area contributed by atoms with Crippen molar-refractivity contribution in [1.29, 1.82) is 0 Å². The molecule has 1 N–H and O–H groups in total. The molecule has 10 heteroatoms. The Bertz CT molecular complexity index is 1420. The fourth-order valence-electron chi connectivity index (χ4n) is 4.23. The molecule has 1 saturated heterocycles. The van der Waals surface area contributed by atoms with Gasteiger partial charge in [-0.05, 0) is 72.9 Å². The smallest absolute Gasteiger partial charge is 0.174 e. The Kier molecular flexibility index (Phi) is 7.88. The number of nitrogens with one attached hydrogen (secondary N) is 1. The summed E-state index contributed by atoms with van der Waals surface area (Å²) in [6, 6.07) is 20.0. The van der Waals surface area contributed by atoms with Gasteiger partial charge >= 0.3 is 0 Å². The highest BCUT2D eigenvalue weighted by Crippen LogP contribution is 2.44. The number of anilines is 1. The quantitative estimate of drug-likeness (QED) is 0.173. The zero-order valence-corrected chi connectivity index (χ0v) is 22.7. The predicted octanol–water partition coefficient (Wildman–Crippen LogP) is 7.50. The normalized spacial score (nSPS) is 17.2. The standard InChI is InChI=1S/C27H22Cl3N3O3S/c1-34-12-13-35-23-8-6-17(15-20(23)30)33-26(25(32-27(33)37)21-4-2-3-11-31-21)24-10-9-22(36-24)16-5-7-18(28)19(29)14-16/h2-11,14-15,25-26H,12-13H2,1H3,(H,32,37)/t25-,26-/m1/s1. The van der Waals surface area contributed by atoms with E-state index in [0.29, 0.717) is 50.7 Å². The van der Waals surface area contributed by atoms with Gasteiger partial charge in [0.2, 0.25) is 0 Å². The monoisotopic (exact) mass is 573 g/mol. The van der Waals surface area contributed by atoms with E-state index in [4.69, 9.17) is 60.9 Å². The lowest BCUT2D eigenvalue weighted by Crippen LogP contribution is -2.29. The maximum atomic E-state index is 6.58. The molecule has 1 aliphatic heterocycles. The molecule has 6 nitrogen and oxygen atoms in total. The van der Waals surface area contributed by atoms with Gasteiger partial charge in [-0.1, -0.05) is 40.9 Å². The second-order valence-corrected chi connectivity index (χ2v) is 9.89. The van der Waals surface area contributed by atoms with E-state index < -0.39 is 0 Å². The summed E-state index contributed by atoms with van der Waals surface area (Å²) in [5.41, 5.74) is 2.43. The Labute approximate surface area is 235 Å². The molecular weight excluding hydrogens is 553 g/mol. The van der Waals surface area contributed by atoms with Gasteiger partial charge in [-0.2, -0.15) is 0 Å². The largest absolute Gasteiger partial charge is 0.490 e. The van der Waals surface area contributed by atoms with Crippen LogP contribution in [-0.4, -0.2) is 30.4 Å². The molecule has 0 bridgehead atoms. The number of aromatic nitrogens is 1. The molecule has 5 rings (SSSR count). The van der Waals surface area contributed by atoms with Crippen molar-refractivity contribution in [2.75, 3.05) is 25.2 Å². The lowest BCUT2D eigenvalue weighted by atomic mass is 10.0. The molecular formula is C27H22Cl3N3O3S. The van der Waals surface area contributed by atoms with Gasteiger partial charge in [-0.3, -0.25) is 4.98 Å². The number of halogens is 3. The molecule has 0 radical (unpaired) electrons. The van der Waals surface area contributed by atoms with Crippen LogP contribution in [0, 0.1) is 0 Å². The van der Waals surface area contributed by atoms with Crippen molar-refractivity contribution in [1.82, 2.24) is 10.3 Å². The first kappa shape index (κ1) is 25.8. The Hall–Kier alpha value is -2.81. The van der Waals surface area contributed by atoms with E-state index in [-0.39, 0.29) is 12.1 Å². The number of pyridine rings is 1. The van der Waals surface area contributed by atoms with Gasteiger partial charge in [0.25, 0.3) is 0 Å². The predicted molar refractivity (Wildman–Crippen MR) is 151 cm³/mol. The van der Waals surface area contributed by atoms with Crippen molar-refractivity contribution in [3.8, 4) is 17.1 Å². The average Bonchev–Trinajstić information content (AvgIpc) is 3.52. The molecule has 190 valence electrons. The fraction of sp³-hybridized carbons (Fsp3) is 0.185. The van der Waals surface area contributed by atoms with E-state index in [1.165, 1.54) is 0 Å². The number of ether oxygens (including phenoxy) is 2. The first-order chi connectivity index (χ1) is 18.0. The lowest BCUT2D eigenvalue weighted by molar-refractivity contribution is 0.146. The van der Waals surface area contributed by atoms with Gasteiger partial charge in [0, 0.05) is 24.6 Å². The molecule has 0 saturated carbocycles. The van der Waals surface area contributed by atoms with Crippen LogP contribution in [0.25, 0.3) is 11.3 Å². The maximum absolute atomic E-state index is 6.58. The lowest BCUT2D eigenvalue weighted by Gasteiger charge is -2.26. The average molecular weight is 575 g/mol. The summed E-state index contributed by atoms with van der Waals surface area (Å²) in [5, 5.41) is 5.34. The molecule has 2 atom stereocenters. The third kappa shape index (κ3) is 5.42. The Morgan fingerprint density at radius 3 is 2.57 bits per heavy atom. The summed E-state index contributed by atoms with van der Waals surface area (Å²) >= 11 is 24.7. The Morgan fingerprint density at radius 1 is 0.973 bits per heavy atom. The molecule has 3 heterocycles. The van der Waals surface area contributed by atoms with Crippen molar-refractivity contribution < 1.29 is 13.9 Å². The highest BCUT2D eigenvalue weighted by molar-refractivity contribution is 7.80. The Balaban J connectivity index is 1.53. The molecule has 0 aliphatic carbocycles. The minimum Gasteiger partial charge on any atom is -0.490 e. The van der Waals surface area contributed by atoms with Gasteiger partial charge in [-0.25, -0.2) is 0 Å². The molecule has 1 aliphatic rings. The van der Waals surface area contributed by atoms with Crippen molar-refractivity contribution in [3.05, 3.63) is 99.4 Å². The molecule has 2 aromatic carbocycles. The molecule has 0 spiro atoms. The summed E-state index contributed by atoms with van der Waals surface area (Å²) in [6.45, 7) is 0.860. The van der Waals surface area contributed by atoms with Crippen LogP contribution in [0.15, 0.2) is 77.3 Å². The number of hydrogen-bond donors (Lipinski definition) is 1. The van der Waals surface area contributed by atoms with Crippen LogP contribution in [-0.2, 0) is 4.74 Å². The van der Waals surface area contributed by atoms with E-state index in [0.717, 1.165) is 16.9 Å². The molecule has 0 amide bonds. The Morgan fingerprint density at radius 2 is 1.84 bits per heavy atom. The van der Waals surface area contributed by atoms with E-state index in [1.54, 1.807) is 25.4 Å². The number of thiocarbonyl (C=S) groups is 1. The van der Waals surface area contributed by atoms with Crippen LogP contribution in [0.3, 0.4) is 0 Å². The van der Waals surface area contributed by atoms with Crippen molar-refractivity contribution in [3.63, 3.8) is 0 Å². The third-order valence-electron chi connectivity index (χ3n) is 5.96. The first-order valence-electron chi connectivity index (χ1n) is 11.4. The van der Waals surface area contributed by atoms with Crippen LogP contribution in [0.4, 0.5) is 5.69 Å². The molecule has 1 fully saturated rings. The topological polar surface area (TPSA) is 59.8 Å². The SMILES string of the molecule is COCCOc1ccc(N2C(=S)N[C@H](c3ccccn3)[C@H]2c2ccc(-c3ccc(Cl)c(Cl)c3)o2)cc1Cl. The summed E-state index contributed by atoms with van der Waals surface area (Å²) in [4.78, 5) is 6.56. The number of rotatable bonds is 8. The van der Waals surface area contributed by atoms with Gasteiger partial charge in [0.15, 0.2) is 5.11 Å². The van der Waals surface area contributed by atoms with Crippen molar-refractivity contribution in [2.24, 2.45) is 0 Å². The summed E-state index contributed by atoms with van der Waals surface area (Å²) in [7, 11) is 1.62. The molecule has 0 unspecified atom stereocenters. The minimum absolute atomic E-state index is 0.266. The van der Waals surface area contributed by atoms with Crippen LogP contribution in [0.1, 0.15) is 23.5 Å². The minimum atomic E-state index is -0.338. The highest BCUT2D eigenvalue weighted by atomic mass is 35.5. The van der Waals surface area contributed by atoms with Crippen molar-refractivity contribution in [2.45, 2.75) is 12.1 Å². The van der Waals surface area contributed by atoms with Crippen LogP contribution >= 0.6 is 47.0 Å². The highest BCUT2D eigenvalue weighted by Gasteiger charge is 2.42. The van der Waals surface area contributed by atoms with E-state index in [2.05, 4.69) is 10.3 Å². The van der Waals surface area contributed by atoms with E-state index in [9.17, 15) is 0 Å². The number of nitrogens with zero attached hydrogens (tertiary/aromatic N) is 2. The number of benzene rings is 2. The maximum Gasteiger partial charge on any atom is 0.174 e. The number of methoxy groups -OCH3 is 1. The van der Waals surface area contributed by atoms with Gasteiger partial charge in [-0.15, -0.1) is 0 Å². The number of furan rings is 1. The zero-order valence-electron chi connectivity index (χ0n) is 19.7. The summed E-state index contributed by atoms with van der Waals surface area (Å²) in [6.07, 6.45) is 1.76. The van der Waals surface area contributed by atoms with Crippen LogP contribution < -0.4 is 15.0 Å². The first-order valence-corrected chi connectivity index (χ1v) is 13.0. The second kappa shape index (κ2) is 11.3. The second-order valence-electron chi connectivity index (χ2n) is 8.28. The molecule has 2 aromatic heterocycles. The summed E-state index contributed by atoms with van der Waals surface area (Å²) in [5.74, 6) is 1.92. The molecule has 37 heavy (non-hydrogen) atoms. The van der Waals surface area contributed by atoms with Gasteiger partial charge < -0.3 is 24.1 Å².